The lowest BCUT2D eigenvalue weighted by Crippen LogP contribution is -2.06. The van der Waals surface area contributed by atoms with E-state index in [0.717, 1.165) is 12.2 Å². The fourth-order valence-corrected chi connectivity index (χ4v) is 0.995. The van der Waals surface area contributed by atoms with Gasteiger partial charge in [0, 0.05) is 6.42 Å². The van der Waals surface area contributed by atoms with Crippen molar-refractivity contribution in [2.75, 3.05) is 6.54 Å². The van der Waals surface area contributed by atoms with Crippen LogP contribution in [0.25, 0.3) is 0 Å². The number of hydrogen-bond donors (Lipinski definition) is 1. The van der Waals surface area contributed by atoms with Crippen molar-refractivity contribution in [1.82, 2.24) is 0 Å². The van der Waals surface area contributed by atoms with Gasteiger partial charge in [0.2, 0.25) is 0 Å². The zero-order chi connectivity index (χ0) is 8.81. The molecule has 1 heterocycles. The van der Waals surface area contributed by atoms with Gasteiger partial charge in [-0.1, -0.05) is 0 Å². The van der Waals surface area contributed by atoms with Gasteiger partial charge in [0.05, 0.1) is 12.7 Å². The van der Waals surface area contributed by atoms with Gasteiger partial charge in [-0.05, 0) is 25.1 Å². The molecule has 0 aliphatic heterocycles. The molecule has 0 bridgehead atoms. The molecule has 66 valence electrons. The number of carbonyl (C=O) groups is 1. The van der Waals surface area contributed by atoms with Crippen LogP contribution in [-0.4, -0.2) is 12.3 Å². The molecule has 1 aromatic heterocycles. The number of carbonyl (C=O) groups excluding carboxylic acids is 1. The van der Waals surface area contributed by atoms with Crippen molar-refractivity contribution in [3.05, 3.63) is 24.2 Å². The first kappa shape index (κ1) is 9.00. The zero-order valence-electron chi connectivity index (χ0n) is 6.95. The van der Waals surface area contributed by atoms with Gasteiger partial charge in [0.15, 0.2) is 0 Å². The molecular formula is C9H13NO2. The highest BCUT2D eigenvalue weighted by molar-refractivity contribution is 5.80. The van der Waals surface area contributed by atoms with Gasteiger partial charge in [-0.15, -0.1) is 0 Å². The van der Waals surface area contributed by atoms with E-state index < -0.39 is 0 Å². The van der Waals surface area contributed by atoms with E-state index in [0.29, 0.717) is 19.4 Å². The van der Waals surface area contributed by atoms with Gasteiger partial charge >= 0.3 is 0 Å². The molecule has 3 nitrogen and oxygen atoms in total. The Morgan fingerprint density at radius 3 is 3.00 bits per heavy atom. The van der Waals surface area contributed by atoms with E-state index in [1.54, 1.807) is 18.4 Å². The maximum absolute atomic E-state index is 11.2. The summed E-state index contributed by atoms with van der Waals surface area (Å²) in [6.07, 6.45) is 3.29. The van der Waals surface area contributed by atoms with Crippen molar-refractivity contribution >= 4 is 5.78 Å². The molecule has 1 aromatic rings. The summed E-state index contributed by atoms with van der Waals surface area (Å²) < 4.78 is 5.03. The third-order valence-corrected chi connectivity index (χ3v) is 1.61. The lowest BCUT2D eigenvalue weighted by molar-refractivity contribution is -0.118. The van der Waals surface area contributed by atoms with E-state index >= 15 is 0 Å². The molecule has 1 rings (SSSR count). The fraction of sp³-hybridized carbons (Fsp3) is 0.444. The quantitative estimate of drug-likeness (QED) is 0.715. The van der Waals surface area contributed by atoms with Crippen molar-refractivity contribution in [3.63, 3.8) is 0 Å². The first-order chi connectivity index (χ1) is 5.83. The molecule has 0 spiro atoms. The summed E-state index contributed by atoms with van der Waals surface area (Å²) >= 11 is 0. The molecule has 0 saturated heterocycles. The number of nitrogens with two attached hydrogens (primary N) is 1. The lowest BCUT2D eigenvalue weighted by Gasteiger charge is -1.95. The maximum atomic E-state index is 11.2. The Labute approximate surface area is 71.6 Å². The number of ketones is 1. The molecular weight excluding hydrogens is 154 g/mol. The van der Waals surface area contributed by atoms with E-state index in [4.69, 9.17) is 10.2 Å². The molecule has 0 fully saturated rings. The Balaban J connectivity index is 2.27. The van der Waals surface area contributed by atoms with Crippen LogP contribution < -0.4 is 5.73 Å². The molecule has 3 heteroatoms. The van der Waals surface area contributed by atoms with Crippen LogP contribution in [0.4, 0.5) is 0 Å². The smallest absolute Gasteiger partial charge is 0.140 e. The van der Waals surface area contributed by atoms with Crippen LogP contribution in [0.2, 0.25) is 0 Å². The fourth-order valence-electron chi connectivity index (χ4n) is 0.995. The molecule has 0 radical (unpaired) electrons. The third kappa shape index (κ3) is 2.88. The van der Waals surface area contributed by atoms with Crippen LogP contribution in [0.5, 0.6) is 0 Å². The zero-order valence-corrected chi connectivity index (χ0v) is 6.95. The van der Waals surface area contributed by atoms with Crippen LogP contribution >= 0.6 is 0 Å². The lowest BCUT2D eigenvalue weighted by atomic mass is 10.1. The summed E-state index contributed by atoms with van der Waals surface area (Å²) in [5.74, 6) is 0.924. The summed E-state index contributed by atoms with van der Waals surface area (Å²) in [4.78, 5) is 11.2. The topological polar surface area (TPSA) is 56.2 Å². The maximum Gasteiger partial charge on any atom is 0.140 e. The highest BCUT2D eigenvalue weighted by atomic mass is 16.3. The van der Waals surface area contributed by atoms with E-state index in [-0.39, 0.29) is 5.78 Å². The molecule has 0 amide bonds. The van der Waals surface area contributed by atoms with Gasteiger partial charge < -0.3 is 10.2 Å². The second-order valence-corrected chi connectivity index (χ2v) is 2.69. The number of hydrogen-bond acceptors (Lipinski definition) is 3. The van der Waals surface area contributed by atoms with Crippen LogP contribution in [0.1, 0.15) is 18.6 Å². The van der Waals surface area contributed by atoms with Crippen LogP contribution in [0.3, 0.4) is 0 Å². The Hall–Kier alpha value is -1.09. The first-order valence-corrected chi connectivity index (χ1v) is 4.07. The molecule has 0 saturated carbocycles. The summed E-state index contributed by atoms with van der Waals surface area (Å²) in [5, 5.41) is 0. The minimum atomic E-state index is 0.190. The highest BCUT2D eigenvalue weighted by Gasteiger charge is 2.04. The summed E-state index contributed by atoms with van der Waals surface area (Å²) in [6, 6.07) is 3.59. The molecule has 0 aliphatic carbocycles. The minimum Gasteiger partial charge on any atom is -0.469 e. The second kappa shape index (κ2) is 4.72. The minimum absolute atomic E-state index is 0.190. The molecule has 2 N–H and O–H groups in total. The van der Waals surface area contributed by atoms with Crippen molar-refractivity contribution in [2.45, 2.75) is 19.3 Å². The van der Waals surface area contributed by atoms with E-state index in [1.807, 2.05) is 0 Å². The second-order valence-electron chi connectivity index (χ2n) is 2.69. The molecule has 0 atom stereocenters. The van der Waals surface area contributed by atoms with Gasteiger partial charge in [0.1, 0.15) is 11.5 Å². The van der Waals surface area contributed by atoms with Gasteiger partial charge in [0.25, 0.3) is 0 Å². The normalized spacial score (nSPS) is 10.1. The summed E-state index contributed by atoms with van der Waals surface area (Å²) in [7, 11) is 0. The third-order valence-electron chi connectivity index (χ3n) is 1.61. The number of rotatable bonds is 5. The SMILES string of the molecule is NCCCC(=O)Cc1ccco1. The predicted octanol–water partition coefficient (Wildman–Crippen LogP) is 1.13. The van der Waals surface area contributed by atoms with Crippen molar-refractivity contribution in [2.24, 2.45) is 5.73 Å². The Morgan fingerprint density at radius 2 is 2.42 bits per heavy atom. The van der Waals surface area contributed by atoms with Crippen LogP contribution in [-0.2, 0) is 11.2 Å². The van der Waals surface area contributed by atoms with E-state index in [2.05, 4.69) is 0 Å². The Bertz CT molecular complexity index is 229. The van der Waals surface area contributed by atoms with Crippen LogP contribution in [0, 0.1) is 0 Å². The molecule has 0 aromatic carbocycles. The molecule has 12 heavy (non-hydrogen) atoms. The van der Waals surface area contributed by atoms with E-state index in [9.17, 15) is 4.79 Å². The number of Topliss-reactive ketones (excluding diaryl/α,β-unsaturated/α-hetero) is 1. The number of furan rings is 1. The van der Waals surface area contributed by atoms with Gasteiger partial charge in [-0.3, -0.25) is 4.79 Å². The van der Waals surface area contributed by atoms with Crippen LogP contribution in [0.15, 0.2) is 22.8 Å². The first-order valence-electron chi connectivity index (χ1n) is 4.07. The van der Waals surface area contributed by atoms with Crippen molar-refractivity contribution in [1.29, 1.82) is 0 Å². The standard InChI is InChI=1S/C9H13NO2/c10-5-1-3-8(11)7-9-4-2-6-12-9/h2,4,6H,1,3,5,7,10H2. The highest BCUT2D eigenvalue weighted by Crippen LogP contribution is 2.03. The van der Waals surface area contributed by atoms with Gasteiger partial charge in [-0.2, -0.15) is 0 Å². The summed E-state index contributed by atoms with van der Waals surface area (Å²) in [6.45, 7) is 0.573. The Morgan fingerprint density at radius 1 is 1.58 bits per heavy atom. The summed E-state index contributed by atoms with van der Waals surface area (Å²) in [5.41, 5.74) is 5.27. The van der Waals surface area contributed by atoms with E-state index in [1.165, 1.54) is 0 Å². The van der Waals surface area contributed by atoms with Gasteiger partial charge in [-0.25, -0.2) is 0 Å². The predicted molar refractivity (Wildman–Crippen MR) is 45.7 cm³/mol. The van der Waals surface area contributed by atoms with Crippen molar-refractivity contribution < 1.29 is 9.21 Å². The molecule has 0 unspecified atom stereocenters. The van der Waals surface area contributed by atoms with Crippen molar-refractivity contribution in [3.8, 4) is 0 Å². The largest absolute Gasteiger partial charge is 0.469 e. The average Bonchev–Trinajstić information content (AvgIpc) is 2.53. The Kier molecular flexibility index (Phi) is 3.54. The average molecular weight is 167 g/mol. The monoisotopic (exact) mass is 167 g/mol. The molecule has 0 aliphatic rings.